The molecule has 3 heterocycles. The minimum atomic E-state index is 0.488. The van der Waals surface area contributed by atoms with E-state index in [1.807, 2.05) is 36.4 Å². The highest BCUT2D eigenvalue weighted by Crippen LogP contribution is 2.22. The van der Waals surface area contributed by atoms with Crippen LogP contribution >= 0.6 is 15.9 Å². The topological polar surface area (TPSA) is 69.5 Å². The monoisotopic (exact) mass is 469 g/mol. The molecule has 4 rings (SSSR count). The van der Waals surface area contributed by atoms with Crippen LogP contribution in [-0.2, 0) is 0 Å². The molecule has 0 unspecified atom stereocenters. The van der Waals surface area contributed by atoms with Gasteiger partial charge in [0, 0.05) is 30.7 Å². The van der Waals surface area contributed by atoms with Crippen molar-refractivity contribution < 1.29 is 0 Å². The quantitative estimate of drug-likeness (QED) is 0.488. The van der Waals surface area contributed by atoms with Crippen LogP contribution in [0.5, 0.6) is 0 Å². The largest absolute Gasteiger partial charge is 0.341 e. The number of piperidine rings is 2. The number of halogens is 1. The lowest BCUT2D eigenvalue weighted by Crippen LogP contribution is -2.34. The van der Waals surface area contributed by atoms with Gasteiger partial charge in [-0.05, 0) is 66.1 Å². The molecule has 0 aliphatic carbocycles. The highest BCUT2D eigenvalue weighted by Gasteiger charge is 2.20. The Hall–Kier alpha value is -2.48. The molecule has 0 bridgehead atoms. The molecule has 2 aliphatic rings. The number of benzene rings is 1. The number of aromatic nitrogens is 3. The van der Waals surface area contributed by atoms with Gasteiger partial charge >= 0.3 is 0 Å². The van der Waals surface area contributed by atoms with Crippen molar-refractivity contribution in [1.82, 2.24) is 15.0 Å². The average Bonchev–Trinajstić information content (AvgIpc) is 2.81. The molecule has 0 spiro atoms. The lowest BCUT2D eigenvalue weighted by atomic mass is 10.1. The van der Waals surface area contributed by atoms with Crippen molar-refractivity contribution >= 4 is 46.1 Å². The minimum Gasteiger partial charge on any atom is -0.341 e. The highest BCUT2D eigenvalue weighted by atomic mass is 79.9. The van der Waals surface area contributed by atoms with E-state index in [9.17, 15) is 0 Å². The van der Waals surface area contributed by atoms with Gasteiger partial charge in [0.2, 0.25) is 17.8 Å². The summed E-state index contributed by atoms with van der Waals surface area (Å²) in [5, 5.41) is 4.33. The standard InChI is InChI=1S/C22H28BrN7/c23-19(16-18-10-4-1-5-11-18)17-24-28-20-25-21(29-12-6-2-7-13-29)27-22(26-20)30-14-8-3-9-15-30/h1,4-5,10-11,16-17H,2-3,6-9,12-15H2,(H,25,26,27,28)/b19-16-,24-17-. The Labute approximate surface area is 186 Å². The summed E-state index contributed by atoms with van der Waals surface area (Å²) in [6.45, 7) is 3.99. The number of rotatable bonds is 6. The van der Waals surface area contributed by atoms with Gasteiger partial charge in [-0.2, -0.15) is 20.1 Å². The van der Waals surface area contributed by atoms with E-state index in [1.54, 1.807) is 6.21 Å². The fourth-order valence-electron chi connectivity index (χ4n) is 3.77. The van der Waals surface area contributed by atoms with Gasteiger partial charge in [0.25, 0.3) is 0 Å². The first-order valence-electron chi connectivity index (χ1n) is 10.8. The van der Waals surface area contributed by atoms with Crippen molar-refractivity contribution in [2.45, 2.75) is 38.5 Å². The molecule has 0 saturated carbocycles. The van der Waals surface area contributed by atoms with E-state index in [4.69, 9.17) is 4.98 Å². The van der Waals surface area contributed by atoms with Crippen molar-refractivity contribution in [2.75, 3.05) is 41.4 Å². The van der Waals surface area contributed by atoms with Crippen LogP contribution in [0.4, 0.5) is 17.8 Å². The zero-order chi connectivity index (χ0) is 20.6. The predicted octanol–water partition coefficient (Wildman–Crippen LogP) is 4.69. The number of hydrogen-bond donors (Lipinski definition) is 1. The van der Waals surface area contributed by atoms with Gasteiger partial charge in [0.15, 0.2) is 0 Å². The zero-order valence-corrected chi connectivity index (χ0v) is 18.8. The van der Waals surface area contributed by atoms with Crippen LogP contribution in [-0.4, -0.2) is 47.3 Å². The lowest BCUT2D eigenvalue weighted by molar-refractivity contribution is 0.556. The normalized spacial score (nSPS) is 18.1. The van der Waals surface area contributed by atoms with Gasteiger partial charge in [-0.15, -0.1) is 0 Å². The third-order valence-electron chi connectivity index (χ3n) is 5.35. The number of hydrazone groups is 1. The second-order valence-corrected chi connectivity index (χ2v) is 8.58. The fraction of sp³-hybridized carbons (Fsp3) is 0.455. The first-order valence-corrected chi connectivity index (χ1v) is 11.5. The second kappa shape index (κ2) is 10.5. The number of anilines is 3. The minimum absolute atomic E-state index is 0.488. The van der Waals surface area contributed by atoms with Crippen LogP contribution < -0.4 is 15.2 Å². The van der Waals surface area contributed by atoms with E-state index in [2.05, 4.69) is 46.2 Å². The maximum atomic E-state index is 4.80. The molecule has 0 atom stereocenters. The smallest absolute Gasteiger partial charge is 0.250 e. The van der Waals surface area contributed by atoms with Gasteiger partial charge in [0.05, 0.1) is 6.21 Å². The summed E-state index contributed by atoms with van der Waals surface area (Å²) in [6.07, 6.45) is 11.0. The maximum Gasteiger partial charge on any atom is 0.250 e. The Morgan fingerprint density at radius 2 is 1.40 bits per heavy atom. The molecule has 8 heteroatoms. The van der Waals surface area contributed by atoms with Crippen molar-refractivity contribution in [3.8, 4) is 0 Å². The van der Waals surface area contributed by atoms with Gasteiger partial charge in [0.1, 0.15) is 0 Å². The summed E-state index contributed by atoms with van der Waals surface area (Å²) in [7, 11) is 0. The molecule has 30 heavy (non-hydrogen) atoms. The number of allylic oxidation sites excluding steroid dienone is 1. The molecule has 7 nitrogen and oxygen atoms in total. The summed E-state index contributed by atoms with van der Waals surface area (Å²) >= 11 is 3.54. The number of nitrogens with zero attached hydrogens (tertiary/aromatic N) is 6. The molecule has 0 radical (unpaired) electrons. The summed E-state index contributed by atoms with van der Waals surface area (Å²) in [5.74, 6) is 1.99. The molecule has 158 valence electrons. The highest BCUT2D eigenvalue weighted by molar-refractivity contribution is 9.12. The van der Waals surface area contributed by atoms with Crippen molar-refractivity contribution in [1.29, 1.82) is 0 Å². The Balaban J connectivity index is 1.51. The molecule has 2 aromatic rings. The van der Waals surface area contributed by atoms with Crippen molar-refractivity contribution in [3.63, 3.8) is 0 Å². The van der Waals surface area contributed by atoms with E-state index in [0.29, 0.717) is 5.95 Å². The summed E-state index contributed by atoms with van der Waals surface area (Å²) in [6, 6.07) is 10.1. The molecule has 2 aliphatic heterocycles. The molecule has 2 saturated heterocycles. The average molecular weight is 470 g/mol. The fourth-order valence-corrected chi connectivity index (χ4v) is 4.14. The maximum absolute atomic E-state index is 4.80. The zero-order valence-electron chi connectivity index (χ0n) is 17.2. The van der Waals surface area contributed by atoms with Crippen LogP contribution in [0, 0.1) is 0 Å². The number of hydrogen-bond acceptors (Lipinski definition) is 7. The van der Waals surface area contributed by atoms with E-state index in [1.165, 1.54) is 38.5 Å². The first-order chi connectivity index (χ1) is 14.8. The SMILES string of the molecule is BrC(/C=N\Nc1nc(N2CCCCC2)nc(N2CCCCC2)n1)=C\c1ccccc1. The van der Waals surface area contributed by atoms with Crippen LogP contribution in [0.2, 0.25) is 0 Å². The van der Waals surface area contributed by atoms with Crippen LogP contribution in [0.15, 0.2) is 39.9 Å². The molecular weight excluding hydrogens is 442 g/mol. The molecule has 1 aromatic carbocycles. The van der Waals surface area contributed by atoms with E-state index in [0.717, 1.165) is 48.1 Å². The second-order valence-electron chi connectivity index (χ2n) is 7.66. The van der Waals surface area contributed by atoms with Crippen LogP contribution in [0.3, 0.4) is 0 Å². The summed E-state index contributed by atoms with van der Waals surface area (Å²) < 4.78 is 0.864. The van der Waals surface area contributed by atoms with Crippen molar-refractivity contribution in [2.24, 2.45) is 5.10 Å². The van der Waals surface area contributed by atoms with E-state index < -0.39 is 0 Å². The predicted molar refractivity (Wildman–Crippen MR) is 127 cm³/mol. The van der Waals surface area contributed by atoms with E-state index >= 15 is 0 Å². The molecule has 1 N–H and O–H groups in total. The summed E-state index contributed by atoms with van der Waals surface area (Å²) in [4.78, 5) is 18.6. The van der Waals surface area contributed by atoms with Gasteiger partial charge in [-0.1, -0.05) is 30.3 Å². The third kappa shape index (κ3) is 5.78. The lowest BCUT2D eigenvalue weighted by Gasteiger charge is -2.30. The Morgan fingerprint density at radius 3 is 1.97 bits per heavy atom. The van der Waals surface area contributed by atoms with Gasteiger partial charge in [-0.25, -0.2) is 5.43 Å². The van der Waals surface area contributed by atoms with Crippen molar-refractivity contribution in [3.05, 3.63) is 40.4 Å². The molecule has 2 fully saturated rings. The van der Waals surface area contributed by atoms with E-state index in [-0.39, 0.29) is 0 Å². The third-order valence-corrected chi connectivity index (χ3v) is 5.78. The first kappa shape index (κ1) is 20.8. The van der Waals surface area contributed by atoms with Crippen LogP contribution in [0.1, 0.15) is 44.1 Å². The molecular formula is C22H28BrN7. The Bertz CT molecular complexity index is 836. The summed E-state index contributed by atoms with van der Waals surface area (Å²) in [5.41, 5.74) is 4.11. The number of nitrogens with one attached hydrogen (secondary N) is 1. The van der Waals surface area contributed by atoms with Gasteiger partial charge < -0.3 is 9.80 Å². The Morgan fingerprint density at radius 1 is 0.833 bits per heavy atom. The Kier molecular flexibility index (Phi) is 7.29. The van der Waals surface area contributed by atoms with Gasteiger partial charge in [-0.3, -0.25) is 0 Å². The molecule has 0 amide bonds. The molecule has 1 aromatic heterocycles. The van der Waals surface area contributed by atoms with Crippen LogP contribution in [0.25, 0.3) is 6.08 Å².